The lowest BCUT2D eigenvalue weighted by atomic mass is 9.76. The van der Waals surface area contributed by atoms with E-state index in [-0.39, 0.29) is 23.3 Å². The highest BCUT2D eigenvalue weighted by atomic mass is 16.5. The van der Waals surface area contributed by atoms with Crippen molar-refractivity contribution in [2.45, 2.75) is 39.0 Å². The van der Waals surface area contributed by atoms with Gasteiger partial charge in [-0.15, -0.1) is 0 Å². The molecule has 0 radical (unpaired) electrons. The summed E-state index contributed by atoms with van der Waals surface area (Å²) in [4.78, 5) is 38.1. The van der Waals surface area contributed by atoms with Crippen LogP contribution in [0.15, 0.2) is 30.7 Å². The monoisotopic (exact) mass is 370 g/mol. The second-order valence-corrected chi connectivity index (χ2v) is 9.05. The molecule has 0 aromatic carbocycles. The lowest BCUT2D eigenvalue weighted by molar-refractivity contribution is -0.143. The van der Waals surface area contributed by atoms with Gasteiger partial charge in [0.05, 0.1) is 42.9 Å². The number of rotatable bonds is 4. The average molecular weight is 370 g/mol. The van der Waals surface area contributed by atoms with Crippen molar-refractivity contribution >= 4 is 11.8 Å². The molecule has 2 fully saturated rings. The number of hydrogen-bond acceptors (Lipinski definition) is 5. The van der Waals surface area contributed by atoms with Crippen molar-refractivity contribution in [3.63, 3.8) is 0 Å². The molecule has 1 spiro atoms. The molecule has 2 saturated heterocycles. The summed E-state index contributed by atoms with van der Waals surface area (Å²) >= 11 is 0. The van der Waals surface area contributed by atoms with E-state index in [0.717, 1.165) is 5.69 Å². The summed E-state index contributed by atoms with van der Waals surface area (Å²) in [7, 11) is 1.74. The fraction of sp³-hybridized carbons (Fsp3) is 0.600. The van der Waals surface area contributed by atoms with Crippen LogP contribution in [0.2, 0.25) is 0 Å². The first-order chi connectivity index (χ1) is 12.7. The molecule has 1 aromatic heterocycles. The predicted octanol–water partition coefficient (Wildman–Crippen LogP) is 1.26. The first kappa shape index (κ1) is 18.1. The SMILES string of the molecule is CN(Cc1cnccn1)C(=O)[C@@H]1[C@@H]2C=C[C@@]3(CN(CC(C)(C)C)C(=O)[C@H]13)O2. The maximum absolute atomic E-state index is 13.2. The molecule has 4 rings (SSSR count). The van der Waals surface area contributed by atoms with E-state index in [2.05, 4.69) is 30.7 Å². The lowest BCUT2D eigenvalue weighted by Crippen LogP contribution is -2.45. The van der Waals surface area contributed by atoms with Gasteiger partial charge in [-0.05, 0) is 5.41 Å². The highest BCUT2D eigenvalue weighted by Crippen LogP contribution is 2.52. The van der Waals surface area contributed by atoms with Crippen molar-refractivity contribution < 1.29 is 14.3 Å². The molecule has 4 atom stereocenters. The fourth-order valence-electron chi connectivity index (χ4n) is 4.55. The molecule has 3 aliphatic rings. The number of likely N-dealkylation sites (tertiary alicyclic amines) is 1. The minimum Gasteiger partial charge on any atom is -0.360 e. The summed E-state index contributed by atoms with van der Waals surface area (Å²) in [5, 5.41) is 0. The Morgan fingerprint density at radius 2 is 2.19 bits per heavy atom. The van der Waals surface area contributed by atoms with Gasteiger partial charge in [0.25, 0.3) is 0 Å². The van der Waals surface area contributed by atoms with Crippen LogP contribution in [0.3, 0.4) is 0 Å². The van der Waals surface area contributed by atoms with E-state index < -0.39 is 17.4 Å². The molecule has 7 heteroatoms. The van der Waals surface area contributed by atoms with Crippen LogP contribution in [0.25, 0.3) is 0 Å². The molecule has 3 aliphatic heterocycles. The second kappa shape index (κ2) is 6.12. The molecular weight excluding hydrogens is 344 g/mol. The van der Waals surface area contributed by atoms with Gasteiger partial charge in [0.15, 0.2) is 0 Å². The van der Waals surface area contributed by atoms with Gasteiger partial charge < -0.3 is 14.5 Å². The predicted molar refractivity (Wildman–Crippen MR) is 98.3 cm³/mol. The zero-order chi connectivity index (χ0) is 19.4. The Bertz CT molecular complexity index is 788. The van der Waals surface area contributed by atoms with E-state index in [0.29, 0.717) is 19.6 Å². The van der Waals surface area contributed by atoms with Crippen LogP contribution in [0, 0.1) is 17.3 Å². The van der Waals surface area contributed by atoms with E-state index in [1.165, 1.54) is 0 Å². The number of nitrogens with zero attached hydrogens (tertiary/aromatic N) is 4. The quantitative estimate of drug-likeness (QED) is 0.746. The third-order valence-electron chi connectivity index (χ3n) is 5.52. The first-order valence-corrected chi connectivity index (χ1v) is 9.36. The van der Waals surface area contributed by atoms with Crippen LogP contribution < -0.4 is 0 Å². The van der Waals surface area contributed by atoms with Crippen molar-refractivity contribution in [1.29, 1.82) is 0 Å². The third kappa shape index (κ3) is 3.04. The molecule has 2 bridgehead atoms. The van der Waals surface area contributed by atoms with E-state index in [4.69, 9.17) is 4.74 Å². The van der Waals surface area contributed by atoms with Crippen LogP contribution in [-0.2, 0) is 20.9 Å². The van der Waals surface area contributed by atoms with Gasteiger partial charge in [-0.2, -0.15) is 0 Å². The summed E-state index contributed by atoms with van der Waals surface area (Å²) in [6.07, 6.45) is 8.47. The zero-order valence-electron chi connectivity index (χ0n) is 16.3. The van der Waals surface area contributed by atoms with Crippen LogP contribution in [0.5, 0.6) is 0 Å². The molecule has 7 nitrogen and oxygen atoms in total. The van der Waals surface area contributed by atoms with Gasteiger partial charge in [-0.1, -0.05) is 32.9 Å². The number of aromatic nitrogens is 2. The highest BCUT2D eigenvalue weighted by molar-refractivity contribution is 5.93. The topological polar surface area (TPSA) is 75.6 Å². The maximum Gasteiger partial charge on any atom is 0.230 e. The van der Waals surface area contributed by atoms with Crippen molar-refractivity contribution in [1.82, 2.24) is 19.8 Å². The summed E-state index contributed by atoms with van der Waals surface area (Å²) < 4.78 is 6.18. The van der Waals surface area contributed by atoms with Crippen LogP contribution in [-0.4, -0.2) is 63.4 Å². The molecule has 0 N–H and O–H groups in total. The van der Waals surface area contributed by atoms with Gasteiger partial charge in [-0.25, -0.2) is 0 Å². The third-order valence-corrected chi connectivity index (χ3v) is 5.52. The maximum atomic E-state index is 13.2. The van der Waals surface area contributed by atoms with E-state index >= 15 is 0 Å². The van der Waals surface area contributed by atoms with Gasteiger partial charge in [-0.3, -0.25) is 19.6 Å². The Morgan fingerprint density at radius 3 is 2.85 bits per heavy atom. The lowest BCUT2D eigenvalue weighted by Gasteiger charge is -2.29. The number of carbonyl (C=O) groups excluding carboxylic acids is 2. The van der Waals surface area contributed by atoms with Crippen molar-refractivity contribution in [3.8, 4) is 0 Å². The smallest absolute Gasteiger partial charge is 0.230 e. The molecule has 4 heterocycles. The molecule has 0 aliphatic carbocycles. The van der Waals surface area contributed by atoms with Crippen LogP contribution >= 0.6 is 0 Å². The summed E-state index contributed by atoms with van der Waals surface area (Å²) in [6, 6.07) is 0. The van der Waals surface area contributed by atoms with Crippen molar-refractivity contribution in [2.75, 3.05) is 20.1 Å². The number of fused-ring (bicyclic) bond motifs is 1. The van der Waals surface area contributed by atoms with Crippen molar-refractivity contribution in [2.24, 2.45) is 17.3 Å². The molecule has 2 amide bonds. The fourth-order valence-corrected chi connectivity index (χ4v) is 4.55. The largest absolute Gasteiger partial charge is 0.360 e. The number of amides is 2. The number of carbonyl (C=O) groups is 2. The molecule has 27 heavy (non-hydrogen) atoms. The standard InChI is InChI=1S/C20H26N4O3/c1-19(2,3)11-24-12-20-6-5-14(27-20)15(16(20)18(24)26)17(25)23(4)10-13-9-21-7-8-22-13/h5-9,14-16H,10-12H2,1-4H3/t14-,15+,16-,20-/m0/s1. The van der Waals surface area contributed by atoms with Gasteiger partial charge in [0, 0.05) is 26.0 Å². The van der Waals surface area contributed by atoms with E-state index in [9.17, 15) is 9.59 Å². The Hall–Kier alpha value is -2.28. The molecule has 0 unspecified atom stereocenters. The van der Waals surface area contributed by atoms with E-state index in [1.54, 1.807) is 30.5 Å². The average Bonchev–Trinajstić information content (AvgIpc) is 3.22. The molecular formula is C20H26N4O3. The Kier molecular flexibility index (Phi) is 4.10. The normalized spacial score (nSPS) is 31.5. The molecule has 144 valence electrons. The first-order valence-electron chi connectivity index (χ1n) is 9.36. The van der Waals surface area contributed by atoms with Crippen LogP contribution in [0.4, 0.5) is 0 Å². The summed E-state index contributed by atoms with van der Waals surface area (Å²) in [5.41, 5.74) is 0.0603. The zero-order valence-corrected chi connectivity index (χ0v) is 16.3. The summed E-state index contributed by atoms with van der Waals surface area (Å²) in [6.45, 7) is 7.87. The Morgan fingerprint density at radius 1 is 1.41 bits per heavy atom. The van der Waals surface area contributed by atoms with Crippen LogP contribution in [0.1, 0.15) is 26.5 Å². The highest BCUT2D eigenvalue weighted by Gasteiger charge is 2.67. The van der Waals surface area contributed by atoms with Crippen molar-refractivity contribution in [3.05, 3.63) is 36.4 Å². The number of ether oxygens (including phenoxy) is 1. The second-order valence-electron chi connectivity index (χ2n) is 9.05. The molecule has 0 saturated carbocycles. The molecule has 1 aromatic rings. The number of hydrogen-bond donors (Lipinski definition) is 0. The minimum atomic E-state index is -0.652. The van der Waals surface area contributed by atoms with Gasteiger partial charge in [0.2, 0.25) is 11.8 Å². The summed E-state index contributed by atoms with van der Waals surface area (Å²) in [5.74, 6) is -0.961. The minimum absolute atomic E-state index is 0.00503. The van der Waals surface area contributed by atoms with Gasteiger partial charge >= 0.3 is 0 Å². The van der Waals surface area contributed by atoms with Gasteiger partial charge in [0.1, 0.15) is 5.60 Å². The Balaban J connectivity index is 1.55. The van der Waals surface area contributed by atoms with E-state index in [1.807, 2.05) is 17.1 Å². The Labute approximate surface area is 159 Å².